The van der Waals surface area contributed by atoms with Gasteiger partial charge in [-0.2, -0.15) is 0 Å². The average Bonchev–Trinajstić information content (AvgIpc) is 2.27. The van der Waals surface area contributed by atoms with Crippen LogP contribution in [0.25, 0.3) is 0 Å². The van der Waals surface area contributed by atoms with Crippen LogP contribution in [0.2, 0.25) is 0 Å². The third-order valence-corrected chi connectivity index (χ3v) is 3.71. The minimum absolute atomic E-state index is 0.00124. The molecule has 0 atom stereocenters. The van der Waals surface area contributed by atoms with Gasteiger partial charge in [0, 0.05) is 18.2 Å². The van der Waals surface area contributed by atoms with E-state index in [2.05, 4.69) is 0 Å². The number of carbonyl (C=O) groups is 1. The van der Waals surface area contributed by atoms with Gasteiger partial charge in [-0.3, -0.25) is 4.79 Å². The summed E-state index contributed by atoms with van der Waals surface area (Å²) in [5.41, 5.74) is 0.545. The molecule has 5 nitrogen and oxygen atoms in total. The van der Waals surface area contributed by atoms with E-state index >= 15 is 0 Å². The molecule has 0 bridgehead atoms. The molecule has 0 aliphatic carbocycles. The molecule has 0 aromatic heterocycles. The first-order valence-corrected chi connectivity index (χ1v) is 7.33. The molecule has 1 N–H and O–H groups in total. The van der Waals surface area contributed by atoms with E-state index < -0.39 is 15.8 Å². The van der Waals surface area contributed by atoms with Crippen molar-refractivity contribution in [2.75, 3.05) is 13.4 Å². The number of rotatable bonds is 6. The van der Waals surface area contributed by atoms with Gasteiger partial charge in [-0.05, 0) is 25.0 Å². The zero-order valence-electron chi connectivity index (χ0n) is 10.3. The summed E-state index contributed by atoms with van der Waals surface area (Å²) in [5.74, 6) is -0.422. The number of ether oxygens (including phenoxy) is 1. The number of benzene rings is 1. The van der Waals surface area contributed by atoms with Crippen LogP contribution in [-0.4, -0.2) is 32.9 Å². The Balaban J connectivity index is 3.09. The molecule has 0 saturated heterocycles. The first-order chi connectivity index (χ1) is 8.36. The lowest BCUT2D eigenvalue weighted by molar-refractivity contribution is -0.137. The summed E-state index contributed by atoms with van der Waals surface area (Å²) in [4.78, 5) is 10.7. The van der Waals surface area contributed by atoms with E-state index in [-0.39, 0.29) is 11.3 Å². The maximum atomic E-state index is 11.6. The lowest BCUT2D eigenvalue weighted by atomic mass is 10.1. The Bertz CT molecular complexity index is 533. The van der Waals surface area contributed by atoms with Gasteiger partial charge in [-0.1, -0.05) is 6.07 Å². The Morgan fingerprint density at radius 3 is 2.56 bits per heavy atom. The van der Waals surface area contributed by atoms with E-state index in [1.54, 1.807) is 12.1 Å². The molecule has 0 fully saturated rings. The number of aliphatic carboxylic acids is 1. The highest BCUT2D eigenvalue weighted by atomic mass is 32.2. The minimum atomic E-state index is -3.34. The van der Waals surface area contributed by atoms with Gasteiger partial charge >= 0.3 is 5.97 Å². The predicted octanol–water partition coefficient (Wildman–Crippen LogP) is 1.51. The van der Waals surface area contributed by atoms with Crippen molar-refractivity contribution >= 4 is 15.8 Å². The van der Waals surface area contributed by atoms with E-state index in [0.717, 1.165) is 6.26 Å². The van der Waals surface area contributed by atoms with Crippen molar-refractivity contribution in [2.45, 2.75) is 24.2 Å². The molecule has 0 aliphatic heterocycles. The summed E-state index contributed by atoms with van der Waals surface area (Å²) >= 11 is 0. The molecule has 0 spiro atoms. The Hall–Kier alpha value is -1.56. The van der Waals surface area contributed by atoms with Gasteiger partial charge in [0.05, 0.1) is 12.0 Å². The van der Waals surface area contributed by atoms with Crippen molar-refractivity contribution in [3.05, 3.63) is 23.8 Å². The maximum absolute atomic E-state index is 11.6. The lowest BCUT2D eigenvalue weighted by Gasteiger charge is -2.12. The van der Waals surface area contributed by atoms with Crippen molar-refractivity contribution in [3.8, 4) is 5.75 Å². The van der Waals surface area contributed by atoms with Gasteiger partial charge < -0.3 is 9.84 Å². The van der Waals surface area contributed by atoms with Crippen LogP contribution >= 0.6 is 0 Å². The highest BCUT2D eigenvalue weighted by molar-refractivity contribution is 7.90. The van der Waals surface area contributed by atoms with Crippen molar-refractivity contribution in [3.63, 3.8) is 0 Å². The number of hydrogen-bond acceptors (Lipinski definition) is 4. The SMILES string of the molecule is COc1cccc(S(C)(=O)=O)c1CCCC(=O)O. The zero-order valence-corrected chi connectivity index (χ0v) is 11.2. The van der Waals surface area contributed by atoms with Gasteiger partial charge in [-0.15, -0.1) is 0 Å². The van der Waals surface area contributed by atoms with Crippen LogP contribution in [0.3, 0.4) is 0 Å². The Kier molecular flexibility index (Phi) is 4.72. The van der Waals surface area contributed by atoms with Gasteiger partial charge in [-0.25, -0.2) is 8.42 Å². The number of carboxylic acids is 1. The maximum Gasteiger partial charge on any atom is 0.303 e. The predicted molar refractivity (Wildman–Crippen MR) is 66.7 cm³/mol. The highest BCUT2D eigenvalue weighted by Crippen LogP contribution is 2.27. The number of methoxy groups -OCH3 is 1. The fraction of sp³-hybridized carbons (Fsp3) is 0.417. The van der Waals surface area contributed by atoms with E-state index in [4.69, 9.17) is 9.84 Å². The van der Waals surface area contributed by atoms with E-state index in [9.17, 15) is 13.2 Å². The molecule has 0 radical (unpaired) electrons. The van der Waals surface area contributed by atoms with Crippen molar-refractivity contribution in [1.29, 1.82) is 0 Å². The number of sulfone groups is 1. The molecule has 6 heteroatoms. The molecular weight excluding hydrogens is 256 g/mol. The summed E-state index contributed by atoms with van der Waals surface area (Å²) in [6.45, 7) is 0. The van der Waals surface area contributed by atoms with Gasteiger partial charge in [0.25, 0.3) is 0 Å². The van der Waals surface area contributed by atoms with Crippen LogP contribution in [0.5, 0.6) is 5.75 Å². The average molecular weight is 272 g/mol. The lowest BCUT2D eigenvalue weighted by Crippen LogP contribution is -2.05. The van der Waals surface area contributed by atoms with E-state index in [0.29, 0.717) is 24.2 Å². The molecule has 100 valence electrons. The molecule has 0 aliphatic rings. The Morgan fingerprint density at radius 1 is 1.39 bits per heavy atom. The van der Waals surface area contributed by atoms with Crippen LogP contribution in [-0.2, 0) is 21.1 Å². The van der Waals surface area contributed by atoms with Crippen LogP contribution < -0.4 is 4.74 Å². The number of carboxylic acid groups (broad SMARTS) is 1. The van der Waals surface area contributed by atoms with Gasteiger partial charge in [0.2, 0.25) is 0 Å². The fourth-order valence-corrected chi connectivity index (χ4v) is 2.72. The summed E-state index contributed by atoms with van der Waals surface area (Å²) in [6.07, 6.45) is 1.86. The Labute approximate surface area is 106 Å². The molecular formula is C12H16O5S. The standard InChI is InChI=1S/C12H16O5S/c1-17-10-6-4-7-11(18(2,15)16)9(10)5-3-8-12(13)14/h4,6-7H,3,5,8H2,1-2H3,(H,13,14). The topological polar surface area (TPSA) is 80.7 Å². The number of hydrogen-bond donors (Lipinski definition) is 1. The Morgan fingerprint density at radius 2 is 2.06 bits per heavy atom. The quantitative estimate of drug-likeness (QED) is 0.849. The molecule has 1 rings (SSSR count). The normalized spacial score (nSPS) is 11.2. The first kappa shape index (κ1) is 14.5. The van der Waals surface area contributed by atoms with Crippen molar-refractivity contribution < 1.29 is 23.1 Å². The van der Waals surface area contributed by atoms with Crippen LogP contribution in [0.4, 0.5) is 0 Å². The van der Waals surface area contributed by atoms with Crippen LogP contribution in [0.15, 0.2) is 23.1 Å². The summed E-state index contributed by atoms with van der Waals surface area (Å²) in [7, 11) is -1.88. The van der Waals surface area contributed by atoms with E-state index in [1.807, 2.05) is 0 Å². The van der Waals surface area contributed by atoms with E-state index in [1.165, 1.54) is 13.2 Å². The van der Waals surface area contributed by atoms with Crippen molar-refractivity contribution in [2.24, 2.45) is 0 Å². The highest BCUT2D eigenvalue weighted by Gasteiger charge is 2.17. The second-order valence-electron chi connectivity index (χ2n) is 3.96. The second kappa shape index (κ2) is 5.86. The van der Waals surface area contributed by atoms with Crippen LogP contribution in [0, 0.1) is 0 Å². The molecule has 0 saturated carbocycles. The third-order valence-electron chi connectivity index (χ3n) is 2.53. The minimum Gasteiger partial charge on any atom is -0.496 e. The fourth-order valence-electron chi connectivity index (χ4n) is 1.75. The first-order valence-electron chi connectivity index (χ1n) is 5.44. The molecule has 0 unspecified atom stereocenters. The summed E-state index contributed by atoms with van der Waals surface area (Å²) < 4.78 is 28.4. The molecule has 0 heterocycles. The van der Waals surface area contributed by atoms with Crippen LogP contribution in [0.1, 0.15) is 18.4 Å². The molecule has 0 amide bonds. The molecule has 18 heavy (non-hydrogen) atoms. The van der Waals surface area contributed by atoms with Gasteiger partial charge in [0.1, 0.15) is 5.75 Å². The molecule has 1 aromatic rings. The zero-order chi connectivity index (χ0) is 13.8. The largest absolute Gasteiger partial charge is 0.496 e. The monoisotopic (exact) mass is 272 g/mol. The second-order valence-corrected chi connectivity index (χ2v) is 5.94. The summed E-state index contributed by atoms with van der Waals surface area (Å²) in [6, 6.07) is 4.79. The summed E-state index contributed by atoms with van der Waals surface area (Å²) in [5, 5.41) is 8.60. The smallest absolute Gasteiger partial charge is 0.303 e. The molecule has 1 aromatic carbocycles. The van der Waals surface area contributed by atoms with Gasteiger partial charge in [0.15, 0.2) is 9.84 Å². The third kappa shape index (κ3) is 3.73. The van der Waals surface area contributed by atoms with Crippen molar-refractivity contribution in [1.82, 2.24) is 0 Å².